The first-order valence-electron chi connectivity index (χ1n) is 14.1. The van der Waals surface area contributed by atoms with E-state index in [9.17, 15) is 19.7 Å². The van der Waals surface area contributed by atoms with Gasteiger partial charge in [-0.15, -0.1) is 0 Å². The summed E-state index contributed by atoms with van der Waals surface area (Å²) in [4.78, 5) is 43.7. The normalized spacial score (nSPS) is 14.8. The fourth-order valence-electron chi connectivity index (χ4n) is 5.23. The molecule has 0 bridgehead atoms. The first kappa shape index (κ1) is 30.2. The number of hydrogen-bond donors (Lipinski definition) is 1. The maximum atomic E-state index is 14.1. The Labute approximate surface area is 270 Å². The second-order valence-electron chi connectivity index (χ2n) is 10.8. The van der Waals surface area contributed by atoms with Crippen molar-refractivity contribution in [2.75, 3.05) is 5.32 Å². The summed E-state index contributed by atoms with van der Waals surface area (Å²) in [6, 6.07) is 24.3. The highest BCUT2D eigenvalue weighted by molar-refractivity contribution is 9.10. The summed E-state index contributed by atoms with van der Waals surface area (Å²) in [7, 11) is 0. The number of non-ortho nitro benzene ring substituents is 1. The van der Waals surface area contributed by atoms with Gasteiger partial charge in [-0.1, -0.05) is 67.6 Å². The molecule has 1 N–H and O–H groups in total. The van der Waals surface area contributed by atoms with Crippen molar-refractivity contribution in [1.29, 1.82) is 0 Å². The number of aromatic nitrogens is 1. The van der Waals surface area contributed by atoms with Crippen molar-refractivity contribution in [1.82, 2.24) is 4.57 Å². The Kier molecular flexibility index (Phi) is 8.22. The third kappa shape index (κ3) is 5.96. The van der Waals surface area contributed by atoms with Crippen LogP contribution in [-0.4, -0.2) is 15.4 Å². The van der Waals surface area contributed by atoms with Crippen molar-refractivity contribution >= 4 is 50.6 Å². The van der Waals surface area contributed by atoms with Crippen molar-refractivity contribution < 1.29 is 14.1 Å². The molecule has 45 heavy (non-hydrogen) atoms. The second kappa shape index (κ2) is 12.3. The number of nitrogens with zero attached hydrogens (tertiary/aromatic N) is 3. The maximum Gasteiger partial charge on any atom is 0.271 e. The summed E-state index contributed by atoms with van der Waals surface area (Å²) in [6.07, 6.45) is 1.65. The highest BCUT2D eigenvalue weighted by Crippen LogP contribution is 2.34. The quantitative estimate of drug-likeness (QED) is 0.147. The lowest BCUT2D eigenvalue weighted by Crippen LogP contribution is -2.40. The van der Waals surface area contributed by atoms with Gasteiger partial charge in [0.1, 0.15) is 11.5 Å². The van der Waals surface area contributed by atoms with Crippen LogP contribution in [0.2, 0.25) is 0 Å². The molecule has 9 nitrogen and oxygen atoms in total. The van der Waals surface area contributed by atoms with Crippen molar-refractivity contribution in [2.24, 2.45) is 4.99 Å². The SMILES string of the molecule is CC1=C(C(=O)Nc2ccccc2)C(c2ccc(C(C)C)cc2)n2c(s/c(=C\c3ccc(-c4ccc([N+](=O)[O-])cc4Br)o3)c2=O)=N1. The fourth-order valence-corrected chi connectivity index (χ4v) is 6.82. The Balaban J connectivity index is 1.43. The monoisotopic (exact) mass is 682 g/mol. The molecule has 3 aromatic carbocycles. The van der Waals surface area contributed by atoms with E-state index >= 15 is 0 Å². The fraction of sp³-hybridized carbons (Fsp3) is 0.147. The molecular formula is C34H27BrN4O5S. The number of nitrogens with one attached hydrogen (secondary N) is 1. The van der Waals surface area contributed by atoms with Crippen molar-refractivity contribution in [2.45, 2.75) is 32.7 Å². The summed E-state index contributed by atoms with van der Waals surface area (Å²) in [5.74, 6) is 0.897. The third-order valence-electron chi connectivity index (χ3n) is 7.55. The van der Waals surface area contributed by atoms with Crippen LogP contribution in [-0.2, 0) is 4.79 Å². The smallest absolute Gasteiger partial charge is 0.271 e. The van der Waals surface area contributed by atoms with Crippen LogP contribution in [0.4, 0.5) is 11.4 Å². The number of para-hydroxylation sites is 1. The van der Waals surface area contributed by atoms with Crippen LogP contribution in [0.5, 0.6) is 0 Å². The van der Waals surface area contributed by atoms with Gasteiger partial charge in [0.2, 0.25) is 0 Å². The molecule has 1 atom stereocenters. The standard InChI is InChI=1S/C34H27BrN4O5S/c1-19(2)21-9-11-22(12-10-21)31-30(32(40)37-23-7-5-4-6-8-23)20(3)36-34-38(31)33(41)29(45-34)18-25-14-16-28(44-25)26-15-13-24(39(42)43)17-27(26)35/h4-19,31H,1-3H3,(H,37,40)/b29-18-. The number of allylic oxidation sites excluding steroid dienone is 1. The number of hydrogen-bond acceptors (Lipinski definition) is 7. The Bertz CT molecular complexity index is 2160. The van der Waals surface area contributed by atoms with Gasteiger partial charge in [0.25, 0.3) is 17.2 Å². The molecule has 0 spiro atoms. The number of halogens is 1. The average Bonchev–Trinajstić information content (AvgIpc) is 3.60. The molecule has 3 heterocycles. The lowest BCUT2D eigenvalue weighted by molar-refractivity contribution is -0.384. The summed E-state index contributed by atoms with van der Waals surface area (Å²) < 4.78 is 8.51. The van der Waals surface area contributed by atoms with Crippen molar-refractivity contribution in [3.63, 3.8) is 0 Å². The molecule has 6 rings (SSSR count). The van der Waals surface area contributed by atoms with E-state index in [-0.39, 0.29) is 17.2 Å². The number of anilines is 1. The number of carbonyl (C=O) groups is 1. The number of thiazole rings is 1. The summed E-state index contributed by atoms with van der Waals surface area (Å²) in [5.41, 5.74) is 3.79. The molecule has 2 aromatic heterocycles. The van der Waals surface area contributed by atoms with Gasteiger partial charge in [-0.25, -0.2) is 4.99 Å². The molecule has 1 aliphatic rings. The van der Waals surface area contributed by atoms with E-state index in [1.807, 2.05) is 54.6 Å². The Morgan fingerprint density at radius 3 is 2.49 bits per heavy atom. The van der Waals surface area contributed by atoms with Crippen LogP contribution < -0.4 is 20.2 Å². The Morgan fingerprint density at radius 1 is 1.09 bits per heavy atom. The highest BCUT2D eigenvalue weighted by Gasteiger charge is 2.32. The largest absolute Gasteiger partial charge is 0.457 e. The van der Waals surface area contributed by atoms with E-state index in [0.717, 1.165) is 11.1 Å². The zero-order valence-corrected chi connectivity index (χ0v) is 26.9. The van der Waals surface area contributed by atoms with Crippen molar-refractivity contribution in [3.05, 3.63) is 147 Å². The molecule has 1 unspecified atom stereocenters. The molecular weight excluding hydrogens is 656 g/mol. The molecule has 5 aromatic rings. The van der Waals surface area contributed by atoms with Crippen LogP contribution in [0, 0.1) is 10.1 Å². The summed E-state index contributed by atoms with van der Waals surface area (Å²) in [5, 5.41) is 14.1. The molecule has 0 aliphatic carbocycles. The van der Waals surface area contributed by atoms with E-state index in [0.29, 0.717) is 53.8 Å². The van der Waals surface area contributed by atoms with Crippen LogP contribution >= 0.6 is 27.3 Å². The van der Waals surface area contributed by atoms with Gasteiger partial charge in [0.15, 0.2) is 4.80 Å². The summed E-state index contributed by atoms with van der Waals surface area (Å²) >= 11 is 4.60. The van der Waals surface area contributed by atoms with Crippen LogP contribution in [0.1, 0.15) is 49.6 Å². The number of nitro groups is 1. The molecule has 11 heteroatoms. The minimum atomic E-state index is -0.698. The second-order valence-corrected chi connectivity index (χ2v) is 12.7. The van der Waals surface area contributed by atoms with Crippen molar-refractivity contribution in [3.8, 4) is 11.3 Å². The first-order chi connectivity index (χ1) is 21.6. The average molecular weight is 684 g/mol. The topological polar surface area (TPSA) is 120 Å². The zero-order valence-electron chi connectivity index (χ0n) is 24.5. The van der Waals surface area contributed by atoms with E-state index in [4.69, 9.17) is 9.41 Å². The van der Waals surface area contributed by atoms with Gasteiger partial charge < -0.3 is 9.73 Å². The third-order valence-corrected chi connectivity index (χ3v) is 9.18. The maximum absolute atomic E-state index is 14.1. The van der Waals surface area contributed by atoms with Gasteiger partial charge in [0, 0.05) is 33.9 Å². The van der Waals surface area contributed by atoms with Crippen LogP contribution in [0.3, 0.4) is 0 Å². The van der Waals surface area contributed by atoms with E-state index < -0.39 is 11.0 Å². The highest BCUT2D eigenvalue weighted by atomic mass is 79.9. The predicted molar refractivity (Wildman–Crippen MR) is 178 cm³/mol. The molecule has 0 radical (unpaired) electrons. The van der Waals surface area contributed by atoms with E-state index in [1.54, 1.807) is 35.8 Å². The van der Waals surface area contributed by atoms with Gasteiger partial charge in [-0.05, 0) is 70.2 Å². The molecule has 1 amide bonds. The lowest BCUT2D eigenvalue weighted by atomic mass is 9.93. The molecule has 226 valence electrons. The van der Waals surface area contributed by atoms with E-state index in [1.165, 1.54) is 23.5 Å². The van der Waals surface area contributed by atoms with E-state index in [2.05, 4.69) is 35.1 Å². The van der Waals surface area contributed by atoms with Gasteiger partial charge >= 0.3 is 0 Å². The lowest BCUT2D eigenvalue weighted by Gasteiger charge is -2.25. The van der Waals surface area contributed by atoms with Gasteiger partial charge in [-0.3, -0.25) is 24.3 Å². The van der Waals surface area contributed by atoms with Crippen LogP contribution in [0.15, 0.2) is 115 Å². The van der Waals surface area contributed by atoms with Gasteiger partial charge in [0.05, 0.1) is 26.8 Å². The number of benzene rings is 3. The minimum absolute atomic E-state index is 0.0426. The molecule has 1 aliphatic heterocycles. The minimum Gasteiger partial charge on any atom is -0.457 e. The first-order valence-corrected chi connectivity index (χ1v) is 15.7. The number of carbonyl (C=O) groups excluding carboxylic acids is 1. The molecule has 0 fully saturated rings. The number of rotatable bonds is 7. The Hall–Kier alpha value is -4.87. The number of fused-ring (bicyclic) bond motifs is 1. The van der Waals surface area contributed by atoms with Crippen LogP contribution in [0.25, 0.3) is 17.4 Å². The number of nitro benzene ring substituents is 1. The Morgan fingerprint density at radius 2 is 1.82 bits per heavy atom. The molecule has 0 saturated carbocycles. The molecule has 0 saturated heterocycles. The van der Waals surface area contributed by atoms with Gasteiger partial charge in [-0.2, -0.15) is 0 Å². The number of furan rings is 1. The number of amides is 1. The predicted octanol–water partition coefficient (Wildman–Crippen LogP) is 6.93. The zero-order chi connectivity index (χ0) is 31.8. The summed E-state index contributed by atoms with van der Waals surface area (Å²) in [6.45, 7) is 6.01.